The highest BCUT2D eigenvalue weighted by molar-refractivity contribution is 5.54. The molecule has 0 atom stereocenters. The lowest BCUT2D eigenvalue weighted by atomic mass is 10.1. The van der Waals surface area contributed by atoms with Crippen LogP contribution in [-0.4, -0.2) is 45.2 Å². The van der Waals surface area contributed by atoms with E-state index in [1.165, 1.54) is 49.3 Å². The number of aryl methyl sites for hydroxylation is 1. The second-order valence-corrected chi connectivity index (χ2v) is 5.63. The predicted octanol–water partition coefficient (Wildman–Crippen LogP) is 2.25. The van der Waals surface area contributed by atoms with Crippen molar-refractivity contribution in [3.05, 3.63) is 29.3 Å². The highest BCUT2D eigenvalue weighted by Gasteiger charge is 2.13. The number of nitrogens with zero attached hydrogens (tertiary/aromatic N) is 2. The Morgan fingerprint density at radius 1 is 1.26 bits per heavy atom. The predicted molar refractivity (Wildman–Crippen MR) is 82.9 cm³/mol. The number of hydrogen-bond donors (Lipinski definition) is 1. The van der Waals surface area contributed by atoms with E-state index < -0.39 is 0 Å². The summed E-state index contributed by atoms with van der Waals surface area (Å²) in [5.74, 6) is 0. The van der Waals surface area contributed by atoms with Crippen LogP contribution in [0.25, 0.3) is 0 Å². The van der Waals surface area contributed by atoms with Crippen molar-refractivity contribution in [2.75, 3.05) is 45.2 Å². The van der Waals surface area contributed by atoms with E-state index in [0.29, 0.717) is 0 Å². The first-order valence-electron chi connectivity index (χ1n) is 7.38. The lowest BCUT2D eigenvalue weighted by Gasteiger charge is -2.25. The second-order valence-electron chi connectivity index (χ2n) is 5.63. The molecule has 1 fully saturated rings. The molecule has 0 saturated carbocycles. The van der Waals surface area contributed by atoms with Crippen LogP contribution in [0.2, 0.25) is 0 Å². The summed E-state index contributed by atoms with van der Waals surface area (Å²) >= 11 is 0. The minimum atomic E-state index is 0.936. The average Bonchev–Trinajstić information content (AvgIpc) is 2.90. The molecule has 0 amide bonds. The molecule has 1 N–H and O–H groups in total. The SMILES string of the molecule is CNCc1cc(C)ccc1N(C)CCN1CCCC1. The maximum Gasteiger partial charge on any atom is 0.0409 e. The fourth-order valence-electron chi connectivity index (χ4n) is 2.84. The van der Waals surface area contributed by atoms with Gasteiger partial charge >= 0.3 is 0 Å². The van der Waals surface area contributed by atoms with Gasteiger partial charge in [0.2, 0.25) is 0 Å². The van der Waals surface area contributed by atoms with Crippen LogP contribution in [0.5, 0.6) is 0 Å². The maximum absolute atomic E-state index is 3.27. The Kier molecular flexibility index (Phi) is 5.23. The summed E-state index contributed by atoms with van der Waals surface area (Å²) in [6.45, 7) is 7.96. The molecule has 2 rings (SSSR count). The van der Waals surface area contributed by atoms with Gasteiger partial charge in [0.05, 0.1) is 0 Å². The number of benzene rings is 1. The fraction of sp³-hybridized carbons (Fsp3) is 0.625. The Bertz CT molecular complexity index is 397. The number of likely N-dealkylation sites (tertiary alicyclic amines) is 1. The molecule has 3 heteroatoms. The molecule has 1 heterocycles. The molecule has 0 bridgehead atoms. The summed E-state index contributed by atoms with van der Waals surface area (Å²) in [5, 5.41) is 3.27. The number of hydrogen-bond acceptors (Lipinski definition) is 3. The van der Waals surface area contributed by atoms with Gasteiger partial charge in [0.15, 0.2) is 0 Å². The Morgan fingerprint density at radius 2 is 2.00 bits per heavy atom. The summed E-state index contributed by atoms with van der Waals surface area (Å²) in [5.41, 5.74) is 4.09. The Morgan fingerprint density at radius 3 is 2.68 bits per heavy atom. The van der Waals surface area contributed by atoms with Gasteiger partial charge in [-0.15, -0.1) is 0 Å². The third-order valence-corrected chi connectivity index (χ3v) is 3.96. The van der Waals surface area contributed by atoms with E-state index in [1.807, 2.05) is 7.05 Å². The van der Waals surface area contributed by atoms with Crippen LogP contribution in [0, 0.1) is 6.92 Å². The quantitative estimate of drug-likeness (QED) is 0.847. The van der Waals surface area contributed by atoms with Crippen LogP contribution in [0.15, 0.2) is 18.2 Å². The molecule has 1 aliphatic rings. The first-order chi connectivity index (χ1) is 9.20. The van der Waals surface area contributed by atoms with Gasteiger partial charge in [0, 0.05) is 32.4 Å². The van der Waals surface area contributed by atoms with Crippen molar-refractivity contribution in [3.63, 3.8) is 0 Å². The molecule has 1 saturated heterocycles. The highest BCUT2D eigenvalue weighted by Crippen LogP contribution is 2.21. The largest absolute Gasteiger partial charge is 0.373 e. The first-order valence-corrected chi connectivity index (χ1v) is 7.38. The van der Waals surface area contributed by atoms with Crippen molar-refractivity contribution in [1.82, 2.24) is 10.2 Å². The topological polar surface area (TPSA) is 18.5 Å². The molecule has 1 aliphatic heterocycles. The fourth-order valence-corrected chi connectivity index (χ4v) is 2.84. The van der Waals surface area contributed by atoms with Crippen LogP contribution in [-0.2, 0) is 6.54 Å². The van der Waals surface area contributed by atoms with E-state index in [-0.39, 0.29) is 0 Å². The smallest absolute Gasteiger partial charge is 0.0409 e. The van der Waals surface area contributed by atoms with Crippen molar-refractivity contribution >= 4 is 5.69 Å². The molecule has 1 aromatic carbocycles. The number of likely N-dealkylation sites (N-methyl/N-ethyl adjacent to an activating group) is 1. The molecule has 19 heavy (non-hydrogen) atoms. The molecular formula is C16H27N3. The van der Waals surface area contributed by atoms with Crippen molar-refractivity contribution in [1.29, 1.82) is 0 Å². The van der Waals surface area contributed by atoms with E-state index in [0.717, 1.165) is 13.1 Å². The third-order valence-electron chi connectivity index (χ3n) is 3.96. The van der Waals surface area contributed by atoms with Gasteiger partial charge in [-0.25, -0.2) is 0 Å². The van der Waals surface area contributed by atoms with Gasteiger partial charge < -0.3 is 15.1 Å². The van der Waals surface area contributed by atoms with Crippen LogP contribution < -0.4 is 10.2 Å². The Hall–Kier alpha value is -1.06. The zero-order chi connectivity index (χ0) is 13.7. The maximum atomic E-state index is 3.27. The average molecular weight is 261 g/mol. The second kappa shape index (κ2) is 6.92. The number of rotatable bonds is 6. The lowest BCUT2D eigenvalue weighted by molar-refractivity contribution is 0.346. The highest BCUT2D eigenvalue weighted by atomic mass is 15.2. The summed E-state index contributed by atoms with van der Waals surface area (Å²) < 4.78 is 0. The zero-order valence-electron chi connectivity index (χ0n) is 12.6. The Balaban J connectivity index is 1.98. The van der Waals surface area contributed by atoms with Crippen LogP contribution in [0.3, 0.4) is 0 Å². The van der Waals surface area contributed by atoms with Gasteiger partial charge in [-0.2, -0.15) is 0 Å². The normalized spacial score (nSPS) is 15.9. The standard InChI is InChI=1S/C16H27N3/c1-14-6-7-16(15(12-14)13-17-2)18(3)10-11-19-8-4-5-9-19/h6-7,12,17H,4-5,8-11,13H2,1-3H3. The molecule has 1 aromatic rings. The van der Waals surface area contributed by atoms with E-state index in [1.54, 1.807) is 0 Å². The zero-order valence-corrected chi connectivity index (χ0v) is 12.6. The number of anilines is 1. The monoisotopic (exact) mass is 261 g/mol. The number of nitrogens with one attached hydrogen (secondary N) is 1. The van der Waals surface area contributed by atoms with Crippen molar-refractivity contribution in [2.24, 2.45) is 0 Å². The van der Waals surface area contributed by atoms with Crippen molar-refractivity contribution in [3.8, 4) is 0 Å². The Labute approximate surface area is 117 Å². The van der Waals surface area contributed by atoms with Crippen molar-refractivity contribution < 1.29 is 0 Å². The molecular weight excluding hydrogens is 234 g/mol. The van der Waals surface area contributed by atoms with Gasteiger partial charge in [0.1, 0.15) is 0 Å². The van der Waals surface area contributed by atoms with Gasteiger partial charge in [-0.05, 0) is 51.5 Å². The van der Waals surface area contributed by atoms with Crippen LogP contribution in [0.1, 0.15) is 24.0 Å². The molecule has 3 nitrogen and oxygen atoms in total. The van der Waals surface area contributed by atoms with Crippen molar-refractivity contribution in [2.45, 2.75) is 26.3 Å². The first kappa shape index (κ1) is 14.4. The van der Waals surface area contributed by atoms with E-state index in [2.05, 4.69) is 47.3 Å². The van der Waals surface area contributed by atoms with Gasteiger partial charge in [-0.1, -0.05) is 17.7 Å². The summed E-state index contributed by atoms with van der Waals surface area (Å²) in [7, 11) is 4.22. The molecule has 0 radical (unpaired) electrons. The summed E-state index contributed by atoms with van der Waals surface area (Å²) in [4.78, 5) is 4.97. The van der Waals surface area contributed by atoms with Gasteiger partial charge in [-0.3, -0.25) is 0 Å². The third kappa shape index (κ3) is 3.95. The molecule has 0 spiro atoms. The van der Waals surface area contributed by atoms with Crippen LogP contribution in [0.4, 0.5) is 5.69 Å². The van der Waals surface area contributed by atoms with E-state index in [4.69, 9.17) is 0 Å². The van der Waals surface area contributed by atoms with E-state index >= 15 is 0 Å². The summed E-state index contributed by atoms with van der Waals surface area (Å²) in [6.07, 6.45) is 2.75. The minimum Gasteiger partial charge on any atom is -0.373 e. The minimum absolute atomic E-state index is 0.936. The van der Waals surface area contributed by atoms with E-state index in [9.17, 15) is 0 Å². The molecule has 0 unspecified atom stereocenters. The lowest BCUT2D eigenvalue weighted by Crippen LogP contribution is -2.32. The molecule has 106 valence electrons. The van der Waals surface area contributed by atoms with Gasteiger partial charge in [0.25, 0.3) is 0 Å². The molecule has 0 aromatic heterocycles. The molecule has 0 aliphatic carbocycles. The summed E-state index contributed by atoms with van der Waals surface area (Å²) in [6, 6.07) is 6.75. The van der Waals surface area contributed by atoms with Crippen LogP contribution >= 0.6 is 0 Å².